The summed E-state index contributed by atoms with van der Waals surface area (Å²) in [6.45, 7) is 6.03. The molecule has 2 N–H and O–H groups in total. The van der Waals surface area contributed by atoms with Gasteiger partial charge in [0.2, 0.25) is 5.82 Å². The van der Waals surface area contributed by atoms with E-state index in [-0.39, 0.29) is 23.7 Å². The molecule has 0 unspecified atom stereocenters. The number of carbonyl (C=O) groups excluding carboxylic acids is 1. The van der Waals surface area contributed by atoms with Gasteiger partial charge in [0.05, 0.1) is 0 Å². The van der Waals surface area contributed by atoms with Crippen LogP contribution in [0.2, 0.25) is 0 Å². The molecule has 2 aliphatic rings. The van der Waals surface area contributed by atoms with Crippen molar-refractivity contribution in [3.05, 3.63) is 17.1 Å². The first kappa shape index (κ1) is 17.1. The molecule has 2 heterocycles. The van der Waals surface area contributed by atoms with E-state index >= 15 is 0 Å². The fourth-order valence-electron chi connectivity index (χ4n) is 3.44. The highest BCUT2D eigenvalue weighted by Crippen LogP contribution is 2.30. The molecule has 0 spiro atoms. The smallest absolute Gasteiger partial charge is 0.291 e. The van der Waals surface area contributed by atoms with Gasteiger partial charge in [-0.3, -0.25) is 4.79 Å². The number of carbonyl (C=O) groups is 1. The maximum absolute atomic E-state index is 13.0. The third kappa shape index (κ3) is 3.36. The molecule has 1 atom stereocenters. The molecule has 2 fully saturated rings. The highest BCUT2D eigenvalue weighted by atomic mass is 19.1. The van der Waals surface area contributed by atoms with Gasteiger partial charge < -0.3 is 15.5 Å². The summed E-state index contributed by atoms with van der Waals surface area (Å²) in [5.41, 5.74) is 7.79. The number of amides is 1. The fraction of sp³-hybridized carbons (Fsp3) is 0.706. The molecule has 1 aromatic rings. The van der Waals surface area contributed by atoms with Gasteiger partial charge in [-0.1, -0.05) is 0 Å². The van der Waals surface area contributed by atoms with Crippen LogP contribution in [0.5, 0.6) is 0 Å². The van der Waals surface area contributed by atoms with Crippen LogP contribution in [0.4, 0.5) is 10.2 Å². The average Bonchev–Trinajstić information content (AvgIpc) is 2.93. The van der Waals surface area contributed by atoms with Crippen molar-refractivity contribution in [1.29, 1.82) is 0 Å². The predicted octanol–water partition coefficient (Wildman–Crippen LogP) is 1.45. The first-order valence-corrected chi connectivity index (χ1v) is 8.60. The van der Waals surface area contributed by atoms with Gasteiger partial charge in [-0.15, -0.1) is 0 Å². The summed E-state index contributed by atoms with van der Waals surface area (Å²) in [6.07, 6.45) is 1.31. The minimum absolute atomic E-state index is 0.147. The minimum atomic E-state index is -0.706. The summed E-state index contributed by atoms with van der Waals surface area (Å²) in [5.74, 6) is 1.06. The van der Waals surface area contributed by atoms with E-state index in [0.717, 1.165) is 36.6 Å². The Morgan fingerprint density at radius 2 is 2.08 bits per heavy atom. The first-order chi connectivity index (χ1) is 11.3. The molecule has 1 aliphatic heterocycles. The average molecular weight is 335 g/mol. The lowest BCUT2D eigenvalue weighted by Crippen LogP contribution is -2.39. The van der Waals surface area contributed by atoms with Crippen LogP contribution in [-0.2, 0) is 0 Å². The number of nitrogens with zero attached hydrogens (tertiary/aromatic N) is 4. The molecular formula is C17H26FN5O. The molecule has 1 amide bonds. The van der Waals surface area contributed by atoms with Crippen LogP contribution in [0.3, 0.4) is 0 Å². The summed E-state index contributed by atoms with van der Waals surface area (Å²) in [5, 5.41) is 0. The Hall–Kier alpha value is -1.76. The lowest BCUT2D eigenvalue weighted by Gasteiger charge is -2.32. The second kappa shape index (κ2) is 6.63. The summed E-state index contributed by atoms with van der Waals surface area (Å²) < 4.78 is 13.0. The second-order valence-electron chi connectivity index (χ2n) is 7.20. The maximum Gasteiger partial charge on any atom is 0.291 e. The Morgan fingerprint density at radius 3 is 2.67 bits per heavy atom. The fourth-order valence-corrected chi connectivity index (χ4v) is 3.44. The van der Waals surface area contributed by atoms with Crippen LogP contribution >= 0.6 is 0 Å². The Labute approximate surface area is 142 Å². The van der Waals surface area contributed by atoms with E-state index in [1.54, 1.807) is 11.9 Å². The van der Waals surface area contributed by atoms with Crippen LogP contribution in [0, 0.1) is 19.8 Å². The molecular weight excluding hydrogens is 309 g/mol. The van der Waals surface area contributed by atoms with E-state index in [9.17, 15) is 9.18 Å². The third-order valence-electron chi connectivity index (χ3n) is 5.14. The van der Waals surface area contributed by atoms with Crippen molar-refractivity contribution in [1.82, 2.24) is 14.9 Å². The lowest BCUT2D eigenvalue weighted by atomic mass is 9.83. The minimum Gasteiger partial charge on any atom is -0.355 e. The summed E-state index contributed by atoms with van der Waals surface area (Å²) in [6, 6.07) is 0.147. The number of hydrogen-bond donors (Lipinski definition) is 1. The Kier molecular flexibility index (Phi) is 4.71. The van der Waals surface area contributed by atoms with E-state index in [4.69, 9.17) is 5.73 Å². The highest BCUT2D eigenvalue weighted by molar-refractivity contribution is 5.90. The molecule has 1 aliphatic carbocycles. The zero-order valence-electron chi connectivity index (χ0n) is 14.6. The second-order valence-corrected chi connectivity index (χ2v) is 7.20. The van der Waals surface area contributed by atoms with Crippen molar-refractivity contribution < 1.29 is 9.18 Å². The van der Waals surface area contributed by atoms with Crippen LogP contribution in [0.1, 0.15) is 41.1 Å². The molecule has 3 rings (SSSR count). The molecule has 24 heavy (non-hydrogen) atoms. The molecule has 132 valence electrons. The number of anilines is 1. The van der Waals surface area contributed by atoms with Gasteiger partial charge in [0.25, 0.3) is 5.91 Å². The van der Waals surface area contributed by atoms with E-state index in [0.29, 0.717) is 19.4 Å². The zero-order chi connectivity index (χ0) is 17.4. The molecule has 1 saturated heterocycles. The van der Waals surface area contributed by atoms with Crippen molar-refractivity contribution >= 4 is 11.7 Å². The normalized spacial score (nSPS) is 26.4. The monoisotopic (exact) mass is 335 g/mol. The topological polar surface area (TPSA) is 75.4 Å². The standard InChI is InChI=1S/C17H26FN5O/c1-10-11(2)20-15(21-16(10)23-5-4-14(19)9-23)17(24)22(3)8-12-6-13(18)7-12/h12-14H,4-9,19H2,1-3H3/t12?,13?,14-/m1/s1. The van der Waals surface area contributed by atoms with Crippen LogP contribution in [0.25, 0.3) is 0 Å². The number of rotatable bonds is 4. The van der Waals surface area contributed by atoms with Crippen molar-refractivity contribution in [3.63, 3.8) is 0 Å². The third-order valence-corrected chi connectivity index (χ3v) is 5.14. The molecule has 0 radical (unpaired) electrons. The number of aryl methyl sites for hydroxylation is 1. The number of alkyl halides is 1. The van der Waals surface area contributed by atoms with Crippen LogP contribution < -0.4 is 10.6 Å². The van der Waals surface area contributed by atoms with Crippen molar-refractivity contribution in [2.75, 3.05) is 31.6 Å². The van der Waals surface area contributed by atoms with E-state index in [2.05, 4.69) is 14.9 Å². The quantitative estimate of drug-likeness (QED) is 0.901. The number of hydrogen-bond acceptors (Lipinski definition) is 5. The highest BCUT2D eigenvalue weighted by Gasteiger charge is 2.32. The van der Waals surface area contributed by atoms with Gasteiger partial charge in [0.15, 0.2) is 0 Å². The van der Waals surface area contributed by atoms with Crippen molar-refractivity contribution in [2.24, 2.45) is 11.7 Å². The number of aromatic nitrogens is 2. The summed E-state index contributed by atoms with van der Waals surface area (Å²) in [7, 11) is 1.73. The lowest BCUT2D eigenvalue weighted by molar-refractivity contribution is 0.0637. The summed E-state index contributed by atoms with van der Waals surface area (Å²) >= 11 is 0. The van der Waals surface area contributed by atoms with Crippen LogP contribution in [0.15, 0.2) is 0 Å². The maximum atomic E-state index is 13.0. The van der Waals surface area contributed by atoms with Crippen LogP contribution in [-0.4, -0.2) is 59.7 Å². The Morgan fingerprint density at radius 1 is 1.38 bits per heavy atom. The van der Waals surface area contributed by atoms with Gasteiger partial charge in [0, 0.05) is 44.0 Å². The van der Waals surface area contributed by atoms with Gasteiger partial charge in [-0.05, 0) is 39.0 Å². The number of nitrogens with two attached hydrogens (primary N) is 1. The Balaban J connectivity index is 1.77. The van der Waals surface area contributed by atoms with Crippen molar-refractivity contribution in [3.8, 4) is 0 Å². The van der Waals surface area contributed by atoms with Gasteiger partial charge in [-0.25, -0.2) is 14.4 Å². The molecule has 6 nitrogen and oxygen atoms in total. The molecule has 1 saturated carbocycles. The summed E-state index contributed by atoms with van der Waals surface area (Å²) in [4.78, 5) is 25.3. The SMILES string of the molecule is Cc1nc(C(=O)N(C)CC2CC(F)C2)nc(N2CC[C@@H](N)C2)c1C. The molecule has 1 aromatic heterocycles. The zero-order valence-corrected chi connectivity index (χ0v) is 14.6. The van der Waals surface area contributed by atoms with Gasteiger partial charge in [-0.2, -0.15) is 0 Å². The number of halogens is 1. The van der Waals surface area contributed by atoms with E-state index in [1.807, 2.05) is 13.8 Å². The Bertz CT molecular complexity index is 632. The van der Waals surface area contributed by atoms with Crippen molar-refractivity contribution in [2.45, 2.75) is 45.3 Å². The van der Waals surface area contributed by atoms with E-state index < -0.39 is 6.17 Å². The predicted molar refractivity (Wildman–Crippen MR) is 90.9 cm³/mol. The largest absolute Gasteiger partial charge is 0.355 e. The van der Waals surface area contributed by atoms with Gasteiger partial charge in [0.1, 0.15) is 12.0 Å². The molecule has 7 heteroatoms. The molecule has 0 bridgehead atoms. The van der Waals surface area contributed by atoms with E-state index in [1.165, 1.54) is 0 Å². The first-order valence-electron chi connectivity index (χ1n) is 8.60. The molecule has 0 aromatic carbocycles. The van der Waals surface area contributed by atoms with Gasteiger partial charge >= 0.3 is 0 Å².